The molecule has 0 aromatic rings. The maximum atomic E-state index is 9.28. The number of nitrogens with one attached hydrogen (secondary N) is 1. The van der Waals surface area contributed by atoms with E-state index in [1.165, 1.54) is 0 Å². The van der Waals surface area contributed by atoms with Crippen molar-refractivity contribution in [3.63, 3.8) is 0 Å². The van der Waals surface area contributed by atoms with E-state index in [-0.39, 0.29) is 0 Å². The zero-order chi connectivity index (χ0) is 12.6. The molecular formula is C13H27N3. The van der Waals surface area contributed by atoms with Crippen LogP contribution >= 0.6 is 0 Å². The van der Waals surface area contributed by atoms with Crippen molar-refractivity contribution in [2.24, 2.45) is 0 Å². The van der Waals surface area contributed by atoms with Crippen LogP contribution in [0.3, 0.4) is 0 Å². The second-order valence-corrected chi connectivity index (χ2v) is 5.02. The highest BCUT2D eigenvalue weighted by Gasteiger charge is 2.26. The molecule has 3 heteroatoms. The van der Waals surface area contributed by atoms with E-state index >= 15 is 0 Å². The molecule has 94 valence electrons. The quantitative estimate of drug-likeness (QED) is 0.689. The molecule has 0 amide bonds. The standard InChI is InChI=1S/C13H27N3/c1-6-8-16(9-7-2)11-13(5,10-14)15-12(3)4/h12,15H,6-9,11H2,1-5H3. The molecule has 0 saturated carbocycles. The van der Waals surface area contributed by atoms with Crippen LogP contribution in [0.4, 0.5) is 0 Å². The second-order valence-electron chi connectivity index (χ2n) is 5.02. The van der Waals surface area contributed by atoms with E-state index in [0.717, 1.165) is 32.5 Å². The Labute approximate surface area is 101 Å². The predicted octanol–water partition coefficient (Wildman–Crippen LogP) is 2.39. The second kappa shape index (κ2) is 7.65. The van der Waals surface area contributed by atoms with Gasteiger partial charge in [-0.15, -0.1) is 0 Å². The summed E-state index contributed by atoms with van der Waals surface area (Å²) in [6.07, 6.45) is 2.28. The predicted molar refractivity (Wildman–Crippen MR) is 69.3 cm³/mol. The van der Waals surface area contributed by atoms with Crippen LogP contribution in [0.25, 0.3) is 0 Å². The van der Waals surface area contributed by atoms with Crippen molar-refractivity contribution in [2.45, 2.75) is 59.0 Å². The van der Waals surface area contributed by atoms with Gasteiger partial charge in [0.15, 0.2) is 0 Å². The fourth-order valence-electron chi connectivity index (χ4n) is 2.10. The molecule has 0 saturated heterocycles. The first-order chi connectivity index (χ1) is 7.47. The number of hydrogen-bond acceptors (Lipinski definition) is 3. The Balaban J connectivity index is 4.41. The maximum absolute atomic E-state index is 9.28. The Kier molecular flexibility index (Phi) is 7.36. The summed E-state index contributed by atoms with van der Waals surface area (Å²) >= 11 is 0. The molecule has 0 aromatic heterocycles. The first-order valence-electron chi connectivity index (χ1n) is 6.38. The lowest BCUT2D eigenvalue weighted by Gasteiger charge is -2.32. The Hall–Kier alpha value is -0.590. The van der Waals surface area contributed by atoms with Gasteiger partial charge in [0.1, 0.15) is 5.54 Å². The van der Waals surface area contributed by atoms with Gasteiger partial charge in [0, 0.05) is 12.6 Å². The molecule has 0 bridgehead atoms. The Bertz CT molecular complexity index is 214. The molecule has 0 aliphatic heterocycles. The van der Waals surface area contributed by atoms with E-state index < -0.39 is 5.54 Å². The molecule has 0 radical (unpaired) electrons. The molecule has 0 aromatic carbocycles. The number of rotatable bonds is 8. The lowest BCUT2D eigenvalue weighted by molar-refractivity contribution is 0.213. The number of nitriles is 1. The normalized spacial score (nSPS) is 15.1. The molecule has 0 spiro atoms. The third-order valence-corrected chi connectivity index (χ3v) is 2.47. The van der Waals surface area contributed by atoms with Crippen LogP contribution in [0.15, 0.2) is 0 Å². The number of hydrogen-bond donors (Lipinski definition) is 1. The Morgan fingerprint density at radius 3 is 2.06 bits per heavy atom. The smallest absolute Gasteiger partial charge is 0.116 e. The van der Waals surface area contributed by atoms with Crippen molar-refractivity contribution >= 4 is 0 Å². The fraction of sp³-hybridized carbons (Fsp3) is 0.923. The average Bonchev–Trinajstić information content (AvgIpc) is 2.17. The monoisotopic (exact) mass is 225 g/mol. The Morgan fingerprint density at radius 1 is 1.25 bits per heavy atom. The summed E-state index contributed by atoms with van der Waals surface area (Å²) in [6.45, 7) is 13.5. The summed E-state index contributed by atoms with van der Waals surface area (Å²) in [5.41, 5.74) is -0.432. The van der Waals surface area contributed by atoms with Crippen LogP contribution in [0.5, 0.6) is 0 Å². The molecule has 0 aliphatic carbocycles. The highest BCUT2D eigenvalue weighted by Crippen LogP contribution is 2.08. The van der Waals surface area contributed by atoms with Gasteiger partial charge < -0.3 is 4.90 Å². The van der Waals surface area contributed by atoms with Crippen molar-refractivity contribution in [3.05, 3.63) is 0 Å². The molecule has 0 fully saturated rings. The molecule has 3 nitrogen and oxygen atoms in total. The van der Waals surface area contributed by atoms with E-state index in [1.54, 1.807) is 0 Å². The van der Waals surface area contributed by atoms with Gasteiger partial charge in [0.05, 0.1) is 6.07 Å². The summed E-state index contributed by atoms with van der Waals surface area (Å²) in [4.78, 5) is 2.37. The van der Waals surface area contributed by atoms with Crippen LogP contribution in [0.1, 0.15) is 47.5 Å². The van der Waals surface area contributed by atoms with E-state index in [9.17, 15) is 5.26 Å². The lowest BCUT2D eigenvalue weighted by Crippen LogP contribution is -2.53. The molecular weight excluding hydrogens is 198 g/mol. The topological polar surface area (TPSA) is 39.1 Å². The van der Waals surface area contributed by atoms with Crippen LogP contribution in [0, 0.1) is 11.3 Å². The van der Waals surface area contributed by atoms with Gasteiger partial charge in [-0.2, -0.15) is 5.26 Å². The minimum Gasteiger partial charge on any atom is -0.300 e. The average molecular weight is 225 g/mol. The van der Waals surface area contributed by atoms with Gasteiger partial charge in [0.25, 0.3) is 0 Å². The lowest BCUT2D eigenvalue weighted by atomic mass is 10.0. The molecule has 16 heavy (non-hydrogen) atoms. The largest absolute Gasteiger partial charge is 0.300 e. The van der Waals surface area contributed by atoms with Crippen LogP contribution in [0.2, 0.25) is 0 Å². The van der Waals surface area contributed by atoms with Crippen LogP contribution < -0.4 is 5.32 Å². The fourth-order valence-corrected chi connectivity index (χ4v) is 2.10. The summed E-state index contributed by atoms with van der Waals surface area (Å²) in [5.74, 6) is 0. The van der Waals surface area contributed by atoms with Gasteiger partial charge in [-0.25, -0.2) is 0 Å². The van der Waals surface area contributed by atoms with Crippen molar-refractivity contribution < 1.29 is 0 Å². The molecule has 1 atom stereocenters. The summed E-state index contributed by atoms with van der Waals surface area (Å²) in [7, 11) is 0. The van der Waals surface area contributed by atoms with Crippen molar-refractivity contribution in [2.75, 3.05) is 19.6 Å². The van der Waals surface area contributed by atoms with Crippen molar-refractivity contribution in [3.8, 4) is 6.07 Å². The number of nitrogens with zero attached hydrogens (tertiary/aromatic N) is 2. The highest BCUT2D eigenvalue weighted by atomic mass is 15.2. The zero-order valence-corrected chi connectivity index (χ0v) is 11.5. The van der Waals surface area contributed by atoms with E-state index in [2.05, 4.69) is 44.0 Å². The van der Waals surface area contributed by atoms with Crippen molar-refractivity contribution in [1.29, 1.82) is 5.26 Å². The minimum atomic E-state index is -0.432. The van der Waals surface area contributed by atoms with Gasteiger partial charge >= 0.3 is 0 Å². The molecule has 0 rings (SSSR count). The van der Waals surface area contributed by atoms with Gasteiger partial charge in [-0.05, 0) is 46.7 Å². The first-order valence-corrected chi connectivity index (χ1v) is 6.38. The third kappa shape index (κ3) is 6.09. The van der Waals surface area contributed by atoms with E-state index in [1.807, 2.05) is 6.92 Å². The first kappa shape index (κ1) is 15.4. The van der Waals surface area contributed by atoms with Gasteiger partial charge in [0.2, 0.25) is 0 Å². The highest BCUT2D eigenvalue weighted by molar-refractivity contribution is 5.06. The third-order valence-electron chi connectivity index (χ3n) is 2.47. The SMILES string of the molecule is CCCN(CCC)CC(C)(C#N)NC(C)C. The van der Waals surface area contributed by atoms with Gasteiger partial charge in [-0.3, -0.25) is 5.32 Å². The van der Waals surface area contributed by atoms with Crippen LogP contribution in [-0.2, 0) is 0 Å². The van der Waals surface area contributed by atoms with E-state index in [4.69, 9.17) is 0 Å². The summed E-state index contributed by atoms with van der Waals surface area (Å²) in [5, 5.41) is 12.6. The van der Waals surface area contributed by atoms with Crippen molar-refractivity contribution in [1.82, 2.24) is 10.2 Å². The van der Waals surface area contributed by atoms with Crippen LogP contribution in [-0.4, -0.2) is 36.1 Å². The molecule has 0 heterocycles. The van der Waals surface area contributed by atoms with E-state index in [0.29, 0.717) is 6.04 Å². The zero-order valence-electron chi connectivity index (χ0n) is 11.5. The summed E-state index contributed by atoms with van der Waals surface area (Å²) < 4.78 is 0. The maximum Gasteiger partial charge on any atom is 0.116 e. The molecule has 0 aliphatic rings. The minimum absolute atomic E-state index is 0.342. The summed E-state index contributed by atoms with van der Waals surface area (Å²) in [6, 6.07) is 2.75. The molecule has 1 N–H and O–H groups in total. The van der Waals surface area contributed by atoms with Gasteiger partial charge in [-0.1, -0.05) is 13.8 Å². The molecule has 1 unspecified atom stereocenters. The Morgan fingerprint density at radius 2 is 1.75 bits per heavy atom.